The first-order valence-corrected chi connectivity index (χ1v) is 7.41. The second-order valence-electron chi connectivity index (χ2n) is 4.42. The van der Waals surface area contributed by atoms with Crippen LogP contribution in [0.1, 0.15) is 11.6 Å². The molecule has 1 amide bonds. The van der Waals surface area contributed by atoms with Crippen LogP contribution in [0.2, 0.25) is 10.0 Å². The lowest BCUT2D eigenvalue weighted by atomic mass is 10.1. The van der Waals surface area contributed by atoms with E-state index in [2.05, 4.69) is 26.6 Å². The van der Waals surface area contributed by atoms with Crippen molar-refractivity contribution in [3.05, 3.63) is 56.5 Å². The molecule has 1 aliphatic rings. The van der Waals surface area contributed by atoms with Gasteiger partial charge in [0.15, 0.2) is 0 Å². The molecule has 0 saturated heterocycles. The van der Waals surface area contributed by atoms with Crippen molar-refractivity contribution in [2.24, 2.45) is 0 Å². The Labute approximate surface area is 134 Å². The number of carbonyl (C=O) groups is 1. The van der Waals surface area contributed by atoms with Crippen LogP contribution in [0.25, 0.3) is 0 Å². The summed E-state index contributed by atoms with van der Waals surface area (Å²) in [6.07, 6.45) is 0. The molecule has 1 atom stereocenters. The van der Waals surface area contributed by atoms with Crippen molar-refractivity contribution >= 4 is 56.4 Å². The molecule has 3 rings (SSSR count). The van der Waals surface area contributed by atoms with E-state index in [1.807, 2.05) is 18.2 Å². The molecule has 2 aromatic rings. The first-order chi connectivity index (χ1) is 9.54. The van der Waals surface area contributed by atoms with Crippen LogP contribution in [0.4, 0.5) is 11.4 Å². The third-order valence-corrected chi connectivity index (χ3v) is 4.13. The number of halogens is 3. The molecule has 102 valence electrons. The fraction of sp³-hybridized carbons (Fsp3) is 0.0714. The number of benzene rings is 2. The maximum atomic E-state index is 12.1. The Morgan fingerprint density at radius 2 is 1.95 bits per heavy atom. The average Bonchev–Trinajstić information content (AvgIpc) is 2.69. The van der Waals surface area contributed by atoms with Gasteiger partial charge in [-0.15, -0.1) is 0 Å². The van der Waals surface area contributed by atoms with Crippen LogP contribution in [-0.4, -0.2) is 5.91 Å². The van der Waals surface area contributed by atoms with E-state index in [4.69, 9.17) is 23.2 Å². The lowest BCUT2D eigenvalue weighted by Crippen LogP contribution is -2.19. The number of rotatable bonds is 2. The van der Waals surface area contributed by atoms with Crippen LogP contribution >= 0.6 is 39.1 Å². The second kappa shape index (κ2) is 5.28. The zero-order valence-corrected chi connectivity index (χ0v) is 13.2. The van der Waals surface area contributed by atoms with Gasteiger partial charge in [0.1, 0.15) is 6.04 Å². The molecular weight excluding hydrogens is 363 g/mol. The number of hydrogen-bond acceptors (Lipinski definition) is 2. The highest BCUT2D eigenvalue weighted by Crippen LogP contribution is 2.37. The minimum atomic E-state index is -0.478. The quantitative estimate of drug-likeness (QED) is 0.791. The summed E-state index contributed by atoms with van der Waals surface area (Å²) in [4.78, 5) is 12.1. The van der Waals surface area contributed by atoms with E-state index >= 15 is 0 Å². The normalized spacial score (nSPS) is 16.8. The van der Waals surface area contributed by atoms with Crippen molar-refractivity contribution in [1.29, 1.82) is 0 Å². The summed E-state index contributed by atoms with van der Waals surface area (Å²) in [6, 6.07) is 10.3. The molecule has 0 aromatic heterocycles. The zero-order chi connectivity index (χ0) is 14.3. The van der Waals surface area contributed by atoms with E-state index in [0.29, 0.717) is 15.7 Å². The lowest BCUT2D eigenvalue weighted by molar-refractivity contribution is -0.116. The summed E-state index contributed by atoms with van der Waals surface area (Å²) in [5, 5.41) is 7.05. The molecule has 3 nitrogen and oxygen atoms in total. The van der Waals surface area contributed by atoms with E-state index in [1.54, 1.807) is 18.2 Å². The van der Waals surface area contributed by atoms with Crippen LogP contribution in [0.3, 0.4) is 0 Å². The maximum absolute atomic E-state index is 12.1. The van der Waals surface area contributed by atoms with Crippen LogP contribution in [0.5, 0.6) is 0 Å². The van der Waals surface area contributed by atoms with Gasteiger partial charge < -0.3 is 10.6 Å². The molecule has 1 unspecified atom stereocenters. The van der Waals surface area contributed by atoms with Crippen LogP contribution < -0.4 is 10.6 Å². The van der Waals surface area contributed by atoms with E-state index in [9.17, 15) is 4.79 Å². The molecule has 6 heteroatoms. The second-order valence-corrected chi connectivity index (χ2v) is 6.18. The third kappa shape index (κ3) is 2.51. The molecule has 2 N–H and O–H groups in total. The van der Waals surface area contributed by atoms with E-state index in [1.165, 1.54) is 0 Å². The van der Waals surface area contributed by atoms with Crippen molar-refractivity contribution in [3.8, 4) is 0 Å². The molecule has 0 aliphatic carbocycles. The van der Waals surface area contributed by atoms with Crippen molar-refractivity contribution in [2.45, 2.75) is 6.04 Å². The fourth-order valence-corrected chi connectivity index (χ4v) is 2.85. The first kappa shape index (κ1) is 13.7. The smallest absolute Gasteiger partial charge is 0.251 e. The van der Waals surface area contributed by atoms with Crippen LogP contribution in [0.15, 0.2) is 40.9 Å². The van der Waals surface area contributed by atoms with E-state index < -0.39 is 6.04 Å². The third-order valence-electron chi connectivity index (χ3n) is 3.07. The largest absolute Gasteiger partial charge is 0.369 e. The topological polar surface area (TPSA) is 41.1 Å². The summed E-state index contributed by atoms with van der Waals surface area (Å²) in [5.74, 6) is -0.117. The van der Waals surface area contributed by atoms with Crippen molar-refractivity contribution in [3.63, 3.8) is 0 Å². The number of carbonyl (C=O) groups excluding carboxylic acids is 1. The Morgan fingerprint density at radius 1 is 1.15 bits per heavy atom. The van der Waals surface area contributed by atoms with Crippen LogP contribution in [0, 0.1) is 0 Å². The fourth-order valence-electron chi connectivity index (χ4n) is 2.14. The SMILES string of the molecule is O=C1Nc2cc(Br)ccc2C1Nc1cc(Cl)ccc1Cl. The highest BCUT2D eigenvalue weighted by Gasteiger charge is 2.30. The van der Waals surface area contributed by atoms with E-state index in [-0.39, 0.29) is 5.91 Å². The van der Waals surface area contributed by atoms with Gasteiger partial charge in [0.05, 0.1) is 10.7 Å². The molecule has 0 saturated carbocycles. The van der Waals surface area contributed by atoms with Gasteiger partial charge in [-0.2, -0.15) is 0 Å². The number of hydrogen-bond donors (Lipinski definition) is 2. The van der Waals surface area contributed by atoms with Crippen molar-refractivity contribution < 1.29 is 4.79 Å². The van der Waals surface area contributed by atoms with Gasteiger partial charge in [-0.25, -0.2) is 0 Å². The van der Waals surface area contributed by atoms with Crippen molar-refractivity contribution in [2.75, 3.05) is 10.6 Å². The molecule has 2 aromatic carbocycles. The van der Waals surface area contributed by atoms with Gasteiger partial charge in [-0.3, -0.25) is 4.79 Å². The predicted octanol–water partition coefficient (Wildman–Crippen LogP) is 4.86. The summed E-state index contributed by atoms with van der Waals surface area (Å²) in [7, 11) is 0. The van der Waals surface area contributed by atoms with Crippen molar-refractivity contribution in [1.82, 2.24) is 0 Å². The summed E-state index contributed by atoms with van der Waals surface area (Å²) < 4.78 is 0.915. The average molecular weight is 372 g/mol. The van der Waals surface area contributed by atoms with Gasteiger partial charge in [0, 0.05) is 20.7 Å². The summed E-state index contributed by atoms with van der Waals surface area (Å²) in [6.45, 7) is 0. The Hall–Kier alpha value is -1.23. The minimum absolute atomic E-state index is 0.117. The van der Waals surface area contributed by atoms with Crippen LogP contribution in [-0.2, 0) is 4.79 Å². The molecular formula is C14H9BrCl2N2O. The Morgan fingerprint density at radius 3 is 2.75 bits per heavy atom. The van der Waals surface area contributed by atoms with Gasteiger partial charge in [-0.05, 0) is 30.3 Å². The van der Waals surface area contributed by atoms with Gasteiger partial charge in [0.2, 0.25) is 0 Å². The van der Waals surface area contributed by atoms with Gasteiger partial charge in [0.25, 0.3) is 5.91 Å². The lowest BCUT2D eigenvalue weighted by Gasteiger charge is -2.14. The molecule has 0 radical (unpaired) electrons. The number of fused-ring (bicyclic) bond motifs is 1. The molecule has 0 spiro atoms. The summed E-state index contributed by atoms with van der Waals surface area (Å²) in [5.41, 5.74) is 2.31. The standard InChI is InChI=1S/C14H9BrCl2N2O/c15-7-1-3-9-11(5-7)19-14(20)13(9)18-12-6-8(16)2-4-10(12)17/h1-6,13,18H,(H,19,20). The zero-order valence-electron chi connectivity index (χ0n) is 10.1. The van der Waals surface area contributed by atoms with Gasteiger partial charge in [-0.1, -0.05) is 45.2 Å². The Bertz CT molecular complexity index is 706. The highest BCUT2D eigenvalue weighted by atomic mass is 79.9. The molecule has 0 bridgehead atoms. The predicted molar refractivity (Wildman–Crippen MR) is 85.6 cm³/mol. The van der Waals surface area contributed by atoms with Gasteiger partial charge >= 0.3 is 0 Å². The number of amides is 1. The minimum Gasteiger partial charge on any atom is -0.369 e. The number of anilines is 2. The molecule has 1 aliphatic heterocycles. The van der Waals surface area contributed by atoms with E-state index in [0.717, 1.165) is 15.7 Å². The maximum Gasteiger partial charge on any atom is 0.251 e. The molecule has 20 heavy (non-hydrogen) atoms. The highest BCUT2D eigenvalue weighted by molar-refractivity contribution is 9.10. The molecule has 1 heterocycles. The first-order valence-electron chi connectivity index (χ1n) is 5.86. The Balaban J connectivity index is 1.96. The number of nitrogens with one attached hydrogen (secondary N) is 2. The monoisotopic (exact) mass is 370 g/mol. The molecule has 0 fully saturated rings. The summed E-state index contributed by atoms with van der Waals surface area (Å²) >= 11 is 15.5. The Kier molecular flexibility index (Phi) is 3.63.